The van der Waals surface area contributed by atoms with E-state index in [1.165, 1.54) is 51.4 Å². The molecule has 4 aliphatic carbocycles. The minimum atomic E-state index is -0.326. The van der Waals surface area contributed by atoms with E-state index in [0.717, 1.165) is 60.7 Å². The highest BCUT2D eigenvalue weighted by molar-refractivity contribution is 5.67. The molecule has 4 rings (SSSR count). The average Bonchev–Trinajstić information content (AvgIpc) is 3.37. The summed E-state index contributed by atoms with van der Waals surface area (Å²) in [6.45, 7) is 19.0. The lowest BCUT2D eigenvalue weighted by Gasteiger charge is -2.58. The zero-order chi connectivity index (χ0) is 32.5. The lowest BCUT2D eigenvalue weighted by Crippen LogP contribution is -2.51. The van der Waals surface area contributed by atoms with Crippen molar-refractivity contribution >= 4 is 6.09 Å². The molecule has 7 heteroatoms. The fourth-order valence-corrected chi connectivity index (χ4v) is 10.4. The molecule has 3 N–H and O–H groups in total. The van der Waals surface area contributed by atoms with Crippen molar-refractivity contribution in [3.05, 3.63) is 11.6 Å². The van der Waals surface area contributed by atoms with Crippen molar-refractivity contribution in [1.82, 2.24) is 5.32 Å². The minimum absolute atomic E-state index is 0.0277. The first-order valence-corrected chi connectivity index (χ1v) is 18.7. The molecule has 3 fully saturated rings. The normalized spacial score (nSPS) is 34.0. The van der Waals surface area contributed by atoms with Gasteiger partial charge in [0.25, 0.3) is 0 Å². The van der Waals surface area contributed by atoms with Crippen molar-refractivity contribution in [2.45, 2.75) is 118 Å². The number of nitrogens with two attached hydrogens (primary N) is 1. The molecule has 0 aromatic carbocycles. The lowest BCUT2D eigenvalue weighted by atomic mass is 9.47. The fraction of sp³-hybridized carbons (Fsp3) is 0.921. The van der Waals surface area contributed by atoms with Crippen LogP contribution in [-0.2, 0) is 18.9 Å². The van der Waals surface area contributed by atoms with Crippen molar-refractivity contribution < 1.29 is 23.7 Å². The summed E-state index contributed by atoms with van der Waals surface area (Å²) in [7, 11) is 0. The van der Waals surface area contributed by atoms with Gasteiger partial charge < -0.3 is 30.0 Å². The third-order valence-electron chi connectivity index (χ3n) is 13.1. The van der Waals surface area contributed by atoms with Crippen LogP contribution in [0.5, 0.6) is 0 Å². The maximum atomic E-state index is 12.6. The number of alkyl carbamates (subject to hydrolysis) is 1. The van der Waals surface area contributed by atoms with Gasteiger partial charge in [0.1, 0.15) is 6.10 Å². The van der Waals surface area contributed by atoms with Gasteiger partial charge in [0.2, 0.25) is 0 Å². The van der Waals surface area contributed by atoms with Crippen LogP contribution < -0.4 is 11.1 Å². The topological polar surface area (TPSA) is 92.0 Å². The predicted octanol–water partition coefficient (Wildman–Crippen LogP) is 7.77. The molecule has 0 aromatic rings. The number of hydrogen-bond donors (Lipinski definition) is 2. The van der Waals surface area contributed by atoms with E-state index in [0.29, 0.717) is 58.1 Å². The van der Waals surface area contributed by atoms with E-state index >= 15 is 0 Å². The Bertz CT molecular complexity index is 941. The molecule has 0 radical (unpaired) electrons. The SMILES string of the molecule is CCC(CCC(C)[C@H]1CC[C@H]2[C@@H]3CC=C4C[C@@H](OC(=O)NCCOCCOCCOCCN)CC[C@]4(C)[C@H]3CC[C@]12C)C(C)C. The quantitative estimate of drug-likeness (QED) is 0.119. The number of fused-ring (bicyclic) bond motifs is 5. The van der Waals surface area contributed by atoms with Gasteiger partial charge >= 0.3 is 6.09 Å². The highest BCUT2D eigenvalue weighted by atomic mass is 16.6. The van der Waals surface area contributed by atoms with E-state index in [2.05, 4.69) is 52.9 Å². The van der Waals surface area contributed by atoms with Crippen LogP contribution in [0.1, 0.15) is 112 Å². The molecule has 2 unspecified atom stereocenters. The Morgan fingerprint density at radius 3 is 2.33 bits per heavy atom. The van der Waals surface area contributed by atoms with Crippen molar-refractivity contribution in [2.24, 2.45) is 58.0 Å². The van der Waals surface area contributed by atoms with Crippen molar-refractivity contribution in [1.29, 1.82) is 0 Å². The summed E-state index contributed by atoms with van der Waals surface area (Å²) < 4.78 is 22.2. The second-order valence-corrected chi connectivity index (χ2v) is 15.8. The number of amides is 1. The number of ether oxygens (including phenoxy) is 4. The van der Waals surface area contributed by atoms with Gasteiger partial charge in [-0.05, 0) is 104 Å². The van der Waals surface area contributed by atoms with Crippen LogP contribution in [0.2, 0.25) is 0 Å². The van der Waals surface area contributed by atoms with Crippen LogP contribution in [0.4, 0.5) is 4.79 Å². The highest BCUT2D eigenvalue weighted by Crippen LogP contribution is 2.67. The summed E-state index contributed by atoms with van der Waals surface area (Å²) in [6, 6.07) is 0. The first kappa shape index (κ1) is 36.7. The molecular weight excluding hydrogens is 564 g/mol. The van der Waals surface area contributed by atoms with Crippen molar-refractivity contribution in [2.75, 3.05) is 52.7 Å². The van der Waals surface area contributed by atoms with Crippen LogP contribution in [0.25, 0.3) is 0 Å². The monoisotopic (exact) mass is 633 g/mol. The number of rotatable bonds is 18. The maximum Gasteiger partial charge on any atom is 0.407 e. The number of carbonyl (C=O) groups excluding carboxylic acids is 1. The zero-order valence-electron chi connectivity index (χ0n) is 29.7. The van der Waals surface area contributed by atoms with E-state index in [9.17, 15) is 4.79 Å². The second-order valence-electron chi connectivity index (χ2n) is 15.8. The van der Waals surface area contributed by atoms with E-state index in [1.54, 1.807) is 5.57 Å². The van der Waals surface area contributed by atoms with E-state index < -0.39 is 0 Å². The van der Waals surface area contributed by atoms with Gasteiger partial charge in [0.15, 0.2) is 0 Å². The number of carbonyl (C=O) groups is 1. The number of allylic oxidation sites excluding steroid dienone is 1. The molecule has 4 aliphatic rings. The van der Waals surface area contributed by atoms with Crippen LogP contribution in [0, 0.1) is 52.3 Å². The number of nitrogens with one attached hydrogen (secondary N) is 1. The van der Waals surface area contributed by atoms with Crippen LogP contribution >= 0.6 is 0 Å². The van der Waals surface area contributed by atoms with Crippen molar-refractivity contribution in [3.8, 4) is 0 Å². The Morgan fingerprint density at radius 2 is 1.64 bits per heavy atom. The van der Waals surface area contributed by atoms with Crippen LogP contribution in [0.3, 0.4) is 0 Å². The smallest absolute Gasteiger partial charge is 0.407 e. The summed E-state index contributed by atoms with van der Waals surface area (Å²) in [5.41, 5.74) is 7.73. The molecule has 0 saturated heterocycles. The zero-order valence-corrected chi connectivity index (χ0v) is 29.7. The van der Waals surface area contributed by atoms with Gasteiger partial charge in [-0.3, -0.25) is 0 Å². The molecule has 7 nitrogen and oxygen atoms in total. The van der Waals surface area contributed by atoms with Gasteiger partial charge in [-0.15, -0.1) is 0 Å². The third-order valence-corrected chi connectivity index (χ3v) is 13.1. The molecule has 0 bridgehead atoms. The van der Waals surface area contributed by atoms with Crippen LogP contribution in [0.15, 0.2) is 11.6 Å². The van der Waals surface area contributed by atoms with Gasteiger partial charge in [0, 0.05) is 19.5 Å². The van der Waals surface area contributed by atoms with Gasteiger partial charge in [-0.1, -0.05) is 66.0 Å². The van der Waals surface area contributed by atoms with Gasteiger partial charge in [-0.25, -0.2) is 4.79 Å². The highest BCUT2D eigenvalue weighted by Gasteiger charge is 2.59. The first-order chi connectivity index (χ1) is 21.6. The Hall–Kier alpha value is -1.15. The third kappa shape index (κ3) is 9.06. The molecule has 1 amide bonds. The molecule has 0 aromatic heterocycles. The molecule has 9 atom stereocenters. The second kappa shape index (κ2) is 17.3. The van der Waals surface area contributed by atoms with E-state index in [4.69, 9.17) is 24.7 Å². The molecule has 45 heavy (non-hydrogen) atoms. The molecule has 3 saturated carbocycles. The Morgan fingerprint density at radius 1 is 0.933 bits per heavy atom. The van der Waals surface area contributed by atoms with E-state index in [-0.39, 0.29) is 17.6 Å². The Labute approximate surface area is 275 Å². The van der Waals surface area contributed by atoms with Crippen LogP contribution in [-0.4, -0.2) is 64.9 Å². The Kier molecular flexibility index (Phi) is 14.1. The molecule has 260 valence electrons. The summed E-state index contributed by atoms with van der Waals surface area (Å²) in [6.07, 6.45) is 16.2. The van der Waals surface area contributed by atoms with Gasteiger partial charge in [0.05, 0.1) is 39.6 Å². The first-order valence-electron chi connectivity index (χ1n) is 18.7. The standard InChI is InChI=1S/C38H68N2O5/c1-7-29(27(2)3)9-8-28(4)33-12-13-34-32-11-10-30-26-31(14-16-37(30,5)35(32)15-17-38(33,34)6)45-36(41)40-19-21-43-23-25-44-24-22-42-20-18-39/h10,27-29,31-35H,7-9,11-26,39H2,1-6H3,(H,40,41)/t28?,29?,31-,32-,33+,34-,35-,37-,38+/m0/s1. The molecule has 0 aliphatic heterocycles. The van der Waals surface area contributed by atoms with Gasteiger partial charge in [-0.2, -0.15) is 0 Å². The maximum absolute atomic E-state index is 12.6. The minimum Gasteiger partial charge on any atom is -0.446 e. The number of hydrogen-bond acceptors (Lipinski definition) is 6. The fourth-order valence-electron chi connectivity index (χ4n) is 10.4. The summed E-state index contributed by atoms with van der Waals surface area (Å²) in [5, 5.41) is 2.87. The largest absolute Gasteiger partial charge is 0.446 e. The van der Waals surface area contributed by atoms with Crippen molar-refractivity contribution in [3.63, 3.8) is 0 Å². The summed E-state index contributed by atoms with van der Waals surface area (Å²) in [5.74, 6) is 5.88. The molecule has 0 spiro atoms. The Balaban J connectivity index is 1.20. The molecule has 0 heterocycles. The molecular formula is C38H68N2O5. The summed E-state index contributed by atoms with van der Waals surface area (Å²) >= 11 is 0. The lowest BCUT2D eigenvalue weighted by molar-refractivity contribution is -0.0584. The average molecular weight is 633 g/mol. The predicted molar refractivity (Wildman–Crippen MR) is 182 cm³/mol. The van der Waals surface area contributed by atoms with E-state index in [1.807, 2.05) is 0 Å². The summed E-state index contributed by atoms with van der Waals surface area (Å²) in [4.78, 5) is 12.6.